The first kappa shape index (κ1) is 10.4. The van der Waals surface area contributed by atoms with Gasteiger partial charge in [-0.3, -0.25) is 9.59 Å². The Balaban J connectivity index is 2.89. The molecule has 0 amide bonds. The van der Waals surface area contributed by atoms with E-state index in [0.717, 1.165) is 0 Å². The molecule has 0 aliphatic heterocycles. The largest absolute Gasteiger partial charge is 0.479 e. The number of hydrogen-bond donors (Lipinski definition) is 1. The molecule has 4 heteroatoms. The topological polar surface area (TPSA) is 59.2 Å². The zero-order chi connectivity index (χ0) is 11.5. The van der Waals surface area contributed by atoms with Crippen LogP contribution >= 0.6 is 0 Å². The van der Waals surface area contributed by atoms with E-state index in [2.05, 4.69) is 4.98 Å². The van der Waals surface area contributed by atoms with Crippen LogP contribution in [0.5, 0.6) is 5.88 Å². The van der Waals surface area contributed by atoms with Gasteiger partial charge in [0.2, 0.25) is 10.9 Å². The summed E-state index contributed by atoms with van der Waals surface area (Å²) >= 11 is 0. The molecule has 0 atom stereocenters. The van der Waals surface area contributed by atoms with Crippen LogP contribution in [0.1, 0.15) is 6.92 Å². The van der Waals surface area contributed by atoms with Crippen molar-refractivity contribution in [3.8, 4) is 5.88 Å². The van der Waals surface area contributed by atoms with Crippen LogP contribution in [-0.4, -0.2) is 11.6 Å². The minimum atomic E-state index is -0.569. The maximum Gasteiger partial charge on any atom is 0.235 e. The second-order valence-corrected chi connectivity index (χ2v) is 3.31. The molecule has 1 aromatic carbocycles. The minimum Gasteiger partial charge on any atom is -0.479 e. The van der Waals surface area contributed by atoms with Gasteiger partial charge in [-0.2, -0.15) is 0 Å². The second-order valence-electron chi connectivity index (χ2n) is 3.31. The van der Waals surface area contributed by atoms with E-state index in [1.54, 1.807) is 24.3 Å². The molecule has 0 radical (unpaired) electrons. The van der Waals surface area contributed by atoms with Crippen LogP contribution in [0.3, 0.4) is 0 Å². The van der Waals surface area contributed by atoms with Crippen molar-refractivity contribution in [1.82, 2.24) is 4.98 Å². The van der Waals surface area contributed by atoms with Gasteiger partial charge in [0.1, 0.15) is 0 Å². The molecule has 0 aliphatic rings. The molecule has 1 N–H and O–H groups in total. The number of benzene rings is 1. The first-order valence-electron chi connectivity index (χ1n) is 5.01. The van der Waals surface area contributed by atoms with Gasteiger partial charge in [-0.25, -0.2) is 0 Å². The molecule has 2 rings (SSSR count). The van der Waals surface area contributed by atoms with Gasteiger partial charge in [0.15, 0.2) is 5.88 Å². The van der Waals surface area contributed by atoms with E-state index >= 15 is 0 Å². The summed E-state index contributed by atoms with van der Waals surface area (Å²) in [7, 11) is 0. The van der Waals surface area contributed by atoms with Crippen molar-refractivity contribution < 1.29 is 4.74 Å². The van der Waals surface area contributed by atoms with Gasteiger partial charge in [0.25, 0.3) is 0 Å². The summed E-state index contributed by atoms with van der Waals surface area (Å²) in [5, 5.41) is 0.374. The van der Waals surface area contributed by atoms with Crippen LogP contribution in [0.25, 0.3) is 10.9 Å². The highest BCUT2D eigenvalue weighted by Gasteiger charge is 2.02. The van der Waals surface area contributed by atoms with Crippen molar-refractivity contribution in [2.45, 2.75) is 6.92 Å². The number of fused-ring (bicyclic) bond motifs is 1. The molecule has 4 nitrogen and oxygen atoms in total. The molecule has 16 heavy (non-hydrogen) atoms. The van der Waals surface area contributed by atoms with E-state index in [4.69, 9.17) is 4.74 Å². The number of para-hydroxylation sites is 1. The Kier molecular flexibility index (Phi) is 2.72. The van der Waals surface area contributed by atoms with Gasteiger partial charge in [-0.15, -0.1) is 0 Å². The number of aromatic amines is 1. The van der Waals surface area contributed by atoms with Crippen LogP contribution in [0, 0.1) is 0 Å². The standard InChI is InChI=1S/C12H11NO3/c1-2-16-11-7-10(14)12(15)8-5-3-4-6-9(8)13-11/h3-7,13H,2H2,1H3. The van der Waals surface area contributed by atoms with E-state index < -0.39 is 10.9 Å². The third-order valence-electron chi connectivity index (χ3n) is 2.22. The molecule has 0 bridgehead atoms. The van der Waals surface area contributed by atoms with Crippen LogP contribution in [-0.2, 0) is 0 Å². The lowest BCUT2D eigenvalue weighted by molar-refractivity contribution is 0.328. The highest BCUT2D eigenvalue weighted by atomic mass is 16.5. The monoisotopic (exact) mass is 217 g/mol. The Bertz CT molecular complexity index is 631. The Morgan fingerprint density at radius 1 is 1.25 bits per heavy atom. The number of ether oxygens (including phenoxy) is 1. The Labute approximate surface area is 91.5 Å². The highest BCUT2D eigenvalue weighted by Crippen LogP contribution is 2.08. The molecule has 1 aromatic heterocycles. The summed E-state index contributed by atoms with van der Waals surface area (Å²) in [4.78, 5) is 26.1. The molecule has 82 valence electrons. The Morgan fingerprint density at radius 2 is 2.00 bits per heavy atom. The fraction of sp³-hybridized carbons (Fsp3) is 0.167. The van der Waals surface area contributed by atoms with Gasteiger partial charge in [-0.1, -0.05) is 12.1 Å². The molecule has 2 aromatic rings. The number of aromatic nitrogens is 1. The van der Waals surface area contributed by atoms with Crippen molar-refractivity contribution in [2.75, 3.05) is 6.61 Å². The smallest absolute Gasteiger partial charge is 0.235 e. The molecule has 0 saturated carbocycles. The third-order valence-corrected chi connectivity index (χ3v) is 2.22. The van der Waals surface area contributed by atoms with E-state index in [-0.39, 0.29) is 0 Å². The maximum absolute atomic E-state index is 11.7. The molecule has 1 heterocycles. The first-order valence-corrected chi connectivity index (χ1v) is 5.01. The number of nitrogens with one attached hydrogen (secondary N) is 1. The van der Waals surface area contributed by atoms with Crippen molar-refractivity contribution in [3.63, 3.8) is 0 Å². The zero-order valence-corrected chi connectivity index (χ0v) is 8.82. The lowest BCUT2D eigenvalue weighted by Gasteiger charge is -1.99. The minimum absolute atomic E-state index is 0.311. The van der Waals surface area contributed by atoms with Gasteiger partial charge >= 0.3 is 0 Å². The van der Waals surface area contributed by atoms with Crippen molar-refractivity contribution in [2.24, 2.45) is 0 Å². The predicted octanol–water partition coefficient (Wildman–Crippen LogP) is 1.29. The van der Waals surface area contributed by atoms with Crippen molar-refractivity contribution in [3.05, 3.63) is 50.8 Å². The molecule has 0 fully saturated rings. The predicted molar refractivity (Wildman–Crippen MR) is 62.0 cm³/mol. The second kappa shape index (κ2) is 4.18. The lowest BCUT2D eigenvalue weighted by atomic mass is 10.2. The summed E-state index contributed by atoms with van der Waals surface area (Å²) in [5.41, 5.74) is -0.489. The maximum atomic E-state index is 11.7. The Morgan fingerprint density at radius 3 is 2.75 bits per heavy atom. The highest BCUT2D eigenvalue weighted by molar-refractivity contribution is 5.77. The van der Waals surface area contributed by atoms with Gasteiger partial charge in [0, 0.05) is 11.5 Å². The molecule has 0 aliphatic carbocycles. The molecular formula is C12H11NO3. The number of rotatable bonds is 2. The van der Waals surface area contributed by atoms with E-state index in [0.29, 0.717) is 23.4 Å². The molecule has 0 spiro atoms. The fourth-order valence-corrected chi connectivity index (χ4v) is 1.51. The zero-order valence-electron chi connectivity index (χ0n) is 8.82. The average Bonchev–Trinajstić information content (AvgIpc) is 2.39. The SMILES string of the molecule is CCOc1cc(=O)c(=O)c2ccccc2[nH]1. The van der Waals surface area contributed by atoms with Gasteiger partial charge < -0.3 is 9.72 Å². The summed E-state index contributed by atoms with van der Waals surface area (Å²) in [6.07, 6.45) is 0. The fourth-order valence-electron chi connectivity index (χ4n) is 1.51. The summed E-state index contributed by atoms with van der Waals surface area (Å²) in [6, 6.07) is 8.05. The van der Waals surface area contributed by atoms with E-state index in [9.17, 15) is 9.59 Å². The normalized spacial score (nSPS) is 10.3. The Hall–Kier alpha value is -2.10. The number of hydrogen-bond acceptors (Lipinski definition) is 3. The van der Waals surface area contributed by atoms with Crippen LogP contribution in [0.15, 0.2) is 39.9 Å². The van der Waals surface area contributed by atoms with Crippen LogP contribution in [0.2, 0.25) is 0 Å². The van der Waals surface area contributed by atoms with E-state index in [1.807, 2.05) is 6.92 Å². The number of H-pyrrole nitrogens is 1. The van der Waals surface area contributed by atoms with Gasteiger partial charge in [0.05, 0.1) is 12.1 Å². The van der Waals surface area contributed by atoms with Crippen molar-refractivity contribution in [1.29, 1.82) is 0 Å². The van der Waals surface area contributed by atoms with Crippen LogP contribution < -0.4 is 15.6 Å². The quantitative estimate of drug-likeness (QED) is 0.771. The molecular weight excluding hydrogens is 206 g/mol. The summed E-state index contributed by atoms with van der Waals surface area (Å²) < 4.78 is 5.22. The average molecular weight is 217 g/mol. The van der Waals surface area contributed by atoms with Crippen LogP contribution in [0.4, 0.5) is 0 Å². The first-order chi connectivity index (χ1) is 7.72. The lowest BCUT2D eigenvalue weighted by Crippen LogP contribution is -2.19. The summed E-state index contributed by atoms with van der Waals surface area (Å²) in [6.45, 7) is 2.24. The molecule has 0 unspecified atom stereocenters. The van der Waals surface area contributed by atoms with E-state index in [1.165, 1.54) is 6.07 Å². The molecule has 0 saturated heterocycles. The van der Waals surface area contributed by atoms with Gasteiger partial charge in [-0.05, 0) is 19.1 Å². The third kappa shape index (κ3) is 1.82. The van der Waals surface area contributed by atoms with Crippen molar-refractivity contribution >= 4 is 10.9 Å². The summed E-state index contributed by atoms with van der Waals surface area (Å²) in [5.74, 6) is 0.311.